The van der Waals surface area contributed by atoms with Gasteiger partial charge in [-0.2, -0.15) is 10.5 Å². The minimum Gasteiger partial charge on any atom is -0.457 e. The number of benzene rings is 11. The van der Waals surface area contributed by atoms with Gasteiger partial charge in [0.05, 0.1) is 132 Å². The van der Waals surface area contributed by atoms with Gasteiger partial charge in [-0.25, -0.2) is 4.85 Å². The second-order valence-electron chi connectivity index (χ2n) is 25.3. The first kappa shape index (κ1) is 52.7. The van der Waals surface area contributed by atoms with Crippen LogP contribution in [0.4, 0.5) is 5.69 Å². The van der Waals surface area contributed by atoms with Crippen molar-refractivity contribution in [3.8, 4) is 63.5 Å². The van der Waals surface area contributed by atoms with E-state index in [-0.39, 0.29) is 0 Å². The summed E-state index contributed by atoms with van der Waals surface area (Å²) in [6, 6.07) is 91.6. The van der Waals surface area contributed by atoms with Gasteiger partial charge < -0.3 is 27.6 Å². The van der Waals surface area contributed by atoms with Crippen LogP contribution in [0, 0.1) is 29.2 Å². The summed E-state index contributed by atoms with van der Waals surface area (Å²) in [5.74, 6) is 1.32. The number of fused-ring (bicyclic) bond motifs is 24. The standard InChI is InChI=1S/C85H45N11O/c1-88-51-24-32-78-65(38-51)61-16-6-11-21-75(61)96(78)56-41-70-84(91-47-56)83-69(40-55(46-90-83)95-74-20-10-5-15-60(74)64-37-50(45-87)23-31-77(64)95)85(70)67-28-25-53(93-71-17-7-2-12-57(71)58-13-3-8-18-72(58)93)42-81(67)97-82-43-54(26-29-68(82)85)94-79-33-27-52(39-66(79)62-34-35-89-48-80(62)94)92-73-19-9-4-14-59(73)63-36-49(44-86)22-30-76(63)92/h2-43,46-48H. The van der Waals surface area contributed by atoms with Crippen molar-refractivity contribution in [2.24, 2.45) is 0 Å². The second-order valence-corrected chi connectivity index (χ2v) is 25.3. The number of ether oxygens (including phenoxy) is 1. The van der Waals surface area contributed by atoms with Crippen LogP contribution in [-0.4, -0.2) is 37.8 Å². The number of hydrogen-bond donors (Lipinski definition) is 0. The van der Waals surface area contributed by atoms with Gasteiger partial charge in [0.15, 0.2) is 5.69 Å². The summed E-state index contributed by atoms with van der Waals surface area (Å²) >= 11 is 0. The molecule has 0 saturated carbocycles. The molecule has 12 heteroatoms. The monoisotopic (exact) mass is 1240 g/mol. The Hall–Kier alpha value is -13.9. The third-order valence-corrected chi connectivity index (χ3v) is 20.5. The first-order valence-electron chi connectivity index (χ1n) is 32.1. The van der Waals surface area contributed by atoms with Crippen molar-refractivity contribution in [1.82, 2.24) is 37.8 Å². The largest absolute Gasteiger partial charge is 0.457 e. The average Bonchev–Trinajstić information content (AvgIpc) is 1.57. The van der Waals surface area contributed by atoms with E-state index in [1.807, 2.05) is 73.3 Å². The Kier molecular flexibility index (Phi) is 10.5. The normalized spacial score (nSPS) is 13.9. The third kappa shape index (κ3) is 7.02. The van der Waals surface area contributed by atoms with E-state index in [0.29, 0.717) is 28.3 Å². The van der Waals surface area contributed by atoms with Gasteiger partial charge >= 0.3 is 0 Å². The van der Waals surface area contributed by atoms with Crippen molar-refractivity contribution in [3.05, 3.63) is 318 Å². The quantitative estimate of drug-likeness (QED) is 0.158. The molecule has 11 aromatic carbocycles. The molecule has 0 bridgehead atoms. The molecule has 9 heterocycles. The zero-order valence-electron chi connectivity index (χ0n) is 51.3. The van der Waals surface area contributed by atoms with Crippen molar-refractivity contribution in [2.75, 3.05) is 0 Å². The molecule has 12 nitrogen and oxygen atoms in total. The maximum atomic E-state index is 10.2. The molecule has 19 aromatic rings. The van der Waals surface area contributed by atoms with Gasteiger partial charge in [-0.15, -0.1) is 0 Å². The highest BCUT2D eigenvalue weighted by molar-refractivity contribution is 6.15. The Morgan fingerprint density at radius 1 is 0.330 bits per heavy atom. The minimum atomic E-state index is -1.13. The van der Waals surface area contributed by atoms with Crippen LogP contribution in [0.1, 0.15) is 33.4 Å². The number of pyridine rings is 3. The van der Waals surface area contributed by atoms with Gasteiger partial charge in [0, 0.05) is 106 Å². The molecule has 0 amide bonds. The van der Waals surface area contributed by atoms with Crippen LogP contribution in [0.2, 0.25) is 0 Å². The van der Waals surface area contributed by atoms with Crippen LogP contribution in [-0.2, 0) is 5.41 Å². The summed E-state index contributed by atoms with van der Waals surface area (Å²) in [4.78, 5) is 19.8. The molecule has 2 aliphatic rings. The van der Waals surface area contributed by atoms with E-state index in [9.17, 15) is 10.5 Å². The fourth-order valence-electron chi connectivity index (χ4n) is 16.6. The van der Waals surface area contributed by atoms with Crippen LogP contribution >= 0.6 is 0 Å². The topological polar surface area (TPSA) is 124 Å². The zero-order chi connectivity index (χ0) is 63.9. The number of nitriles is 2. The van der Waals surface area contributed by atoms with Crippen molar-refractivity contribution in [1.29, 1.82) is 10.5 Å². The van der Waals surface area contributed by atoms with Crippen molar-refractivity contribution >= 4 is 115 Å². The molecule has 8 aromatic heterocycles. The average molecular weight is 1240 g/mol. The third-order valence-electron chi connectivity index (χ3n) is 20.5. The molecule has 1 aliphatic heterocycles. The van der Waals surface area contributed by atoms with Crippen LogP contribution < -0.4 is 4.74 Å². The SMILES string of the molecule is [C-]#[N+]c1ccc2c(c1)c1ccccc1n2-c1cnc2c(c1)C1(c3ccc(-n4c5ccccc5c5ccccc54)cc3Oc3cc(-n4c5ccc(-n6c7ccccc7c7cc(C#N)ccc76)cc5c5ccncc54)ccc31)c1cc(-n3c4ccccc4c4cc(C#N)ccc43)cnc1-2. The highest BCUT2D eigenvalue weighted by Gasteiger charge is 2.53. The predicted octanol–water partition coefficient (Wildman–Crippen LogP) is 20.1. The molecule has 446 valence electrons. The number of nitrogens with zero attached hydrogens (tertiary/aromatic N) is 11. The van der Waals surface area contributed by atoms with E-state index in [1.54, 1.807) is 0 Å². The van der Waals surface area contributed by atoms with Gasteiger partial charge in [-0.1, -0.05) is 109 Å². The van der Waals surface area contributed by atoms with E-state index in [0.717, 1.165) is 171 Å². The summed E-state index contributed by atoms with van der Waals surface area (Å²) in [7, 11) is 0. The van der Waals surface area contributed by atoms with E-state index in [1.165, 1.54) is 0 Å². The van der Waals surface area contributed by atoms with E-state index in [2.05, 4.69) is 240 Å². The number of rotatable bonds is 5. The summed E-state index contributed by atoms with van der Waals surface area (Å²) in [6.45, 7) is 8.03. The van der Waals surface area contributed by atoms with Crippen molar-refractivity contribution < 1.29 is 4.74 Å². The maximum absolute atomic E-state index is 10.2. The summed E-state index contributed by atoms with van der Waals surface area (Å²) < 4.78 is 19.2. The smallest absolute Gasteiger partial charge is 0.188 e. The first-order chi connectivity index (χ1) is 47.9. The van der Waals surface area contributed by atoms with E-state index in [4.69, 9.17) is 26.3 Å². The highest BCUT2D eigenvalue weighted by atomic mass is 16.5. The number of hydrogen-bond acceptors (Lipinski definition) is 6. The molecule has 1 aliphatic carbocycles. The number of para-hydroxylation sites is 5. The highest BCUT2D eigenvalue weighted by Crippen LogP contribution is 2.63. The van der Waals surface area contributed by atoms with Crippen LogP contribution in [0.25, 0.3) is 154 Å². The lowest BCUT2D eigenvalue weighted by atomic mass is 9.66. The summed E-state index contributed by atoms with van der Waals surface area (Å²) in [5.41, 5.74) is 20.3. The Morgan fingerprint density at radius 3 is 1.18 bits per heavy atom. The Bertz CT molecular complexity index is 6690. The van der Waals surface area contributed by atoms with E-state index >= 15 is 0 Å². The molecule has 97 heavy (non-hydrogen) atoms. The molecule has 1 unspecified atom stereocenters. The molecule has 0 N–H and O–H groups in total. The molecule has 21 rings (SSSR count). The fraction of sp³-hybridized carbons (Fsp3) is 0.0118. The van der Waals surface area contributed by atoms with Crippen LogP contribution in [0.5, 0.6) is 11.5 Å². The molecule has 0 radical (unpaired) electrons. The lowest BCUT2D eigenvalue weighted by Gasteiger charge is -2.39. The molecule has 1 atom stereocenters. The second kappa shape index (κ2) is 19.4. The molecule has 0 fully saturated rings. The lowest BCUT2D eigenvalue weighted by Crippen LogP contribution is -2.32. The van der Waals surface area contributed by atoms with Gasteiger partial charge in [0.25, 0.3) is 0 Å². The van der Waals surface area contributed by atoms with Gasteiger partial charge in [-0.05, 0) is 133 Å². The number of aromatic nitrogens is 8. The first-order valence-corrected chi connectivity index (χ1v) is 32.1. The Balaban J connectivity index is 0.851. The molecular weight excluding hydrogens is 1190 g/mol. The molecule has 0 saturated heterocycles. The van der Waals surface area contributed by atoms with Gasteiger partial charge in [0.2, 0.25) is 0 Å². The van der Waals surface area contributed by atoms with E-state index < -0.39 is 5.41 Å². The van der Waals surface area contributed by atoms with Crippen LogP contribution in [0.3, 0.4) is 0 Å². The van der Waals surface area contributed by atoms with Gasteiger partial charge in [-0.3, -0.25) is 15.0 Å². The van der Waals surface area contributed by atoms with Crippen molar-refractivity contribution in [2.45, 2.75) is 5.41 Å². The minimum absolute atomic E-state index is 0.570. The van der Waals surface area contributed by atoms with Crippen molar-refractivity contribution in [3.63, 3.8) is 0 Å². The predicted molar refractivity (Wildman–Crippen MR) is 385 cm³/mol. The van der Waals surface area contributed by atoms with Crippen LogP contribution in [0.15, 0.2) is 274 Å². The lowest BCUT2D eigenvalue weighted by molar-refractivity contribution is 0.436. The summed E-state index contributed by atoms with van der Waals surface area (Å²) in [6.07, 6.45) is 7.74. The van der Waals surface area contributed by atoms with Gasteiger partial charge in [0.1, 0.15) is 11.5 Å². The Labute approximate surface area is 551 Å². The summed E-state index contributed by atoms with van der Waals surface area (Å²) in [5, 5.41) is 30.7. The zero-order valence-corrected chi connectivity index (χ0v) is 51.3. The molecule has 1 spiro atoms. The molecular formula is C85H45N11O. The maximum Gasteiger partial charge on any atom is 0.188 e. The Morgan fingerprint density at radius 2 is 0.701 bits per heavy atom. The fourth-order valence-corrected chi connectivity index (χ4v) is 16.6.